The molecule has 0 fully saturated rings. The molecule has 0 bridgehead atoms. The molecule has 5 heteroatoms. The third-order valence-corrected chi connectivity index (χ3v) is 5.07. The molecule has 1 unspecified atom stereocenters. The number of likely N-dealkylation sites (N-methyl/N-ethyl adjacent to an activating group) is 1. The molecule has 25 heavy (non-hydrogen) atoms. The molecule has 0 N–H and O–H groups in total. The zero-order valence-electron chi connectivity index (χ0n) is 14.6. The van der Waals surface area contributed by atoms with Gasteiger partial charge in [-0.15, -0.1) is 12.4 Å². The summed E-state index contributed by atoms with van der Waals surface area (Å²) in [5.74, 6) is 0.207. The van der Waals surface area contributed by atoms with Crippen LogP contribution in [0.4, 0.5) is 0 Å². The molecule has 1 amide bonds. The number of carbonyl (C=O) groups excluding carboxylic acids is 1. The number of benzene rings is 2. The number of halogens is 2. The Morgan fingerprint density at radius 3 is 2.52 bits per heavy atom. The van der Waals surface area contributed by atoms with Gasteiger partial charge in [0.1, 0.15) is 0 Å². The summed E-state index contributed by atoms with van der Waals surface area (Å²) in [4.78, 5) is 17.2. The lowest BCUT2D eigenvalue weighted by molar-refractivity contribution is -0.133. The highest BCUT2D eigenvalue weighted by Crippen LogP contribution is 2.30. The van der Waals surface area contributed by atoms with Gasteiger partial charge in [-0.25, -0.2) is 0 Å². The average molecular weight is 424 g/mol. The first-order chi connectivity index (χ1) is 11.5. The molecule has 3 nitrogen and oxygen atoms in total. The summed E-state index contributed by atoms with van der Waals surface area (Å²) in [6.07, 6.45) is 1.39. The number of amides is 1. The monoisotopic (exact) mass is 422 g/mol. The van der Waals surface area contributed by atoms with E-state index in [1.807, 2.05) is 24.3 Å². The summed E-state index contributed by atoms with van der Waals surface area (Å²) in [5.41, 5.74) is 3.73. The highest BCUT2D eigenvalue weighted by Gasteiger charge is 2.30. The number of carbonyl (C=O) groups is 1. The van der Waals surface area contributed by atoms with Crippen LogP contribution in [-0.2, 0) is 17.6 Å². The molecule has 0 spiro atoms. The first kappa shape index (κ1) is 20.0. The Bertz CT molecular complexity index is 718. The second-order valence-electron chi connectivity index (χ2n) is 6.62. The van der Waals surface area contributed by atoms with Gasteiger partial charge in [0.2, 0.25) is 5.91 Å². The van der Waals surface area contributed by atoms with Crippen molar-refractivity contribution < 1.29 is 4.79 Å². The van der Waals surface area contributed by atoms with E-state index in [1.54, 1.807) is 0 Å². The fourth-order valence-electron chi connectivity index (χ4n) is 3.37. The third kappa shape index (κ3) is 4.84. The lowest BCUT2D eigenvalue weighted by Gasteiger charge is -2.39. The van der Waals surface area contributed by atoms with Crippen molar-refractivity contribution in [1.82, 2.24) is 9.80 Å². The maximum atomic E-state index is 12.9. The molecule has 1 atom stereocenters. The largest absolute Gasteiger partial charge is 0.334 e. The van der Waals surface area contributed by atoms with Gasteiger partial charge in [-0.05, 0) is 49.3 Å². The quantitative estimate of drug-likeness (QED) is 0.739. The van der Waals surface area contributed by atoms with Gasteiger partial charge in [-0.1, -0.05) is 52.3 Å². The van der Waals surface area contributed by atoms with Crippen molar-refractivity contribution in [3.8, 4) is 0 Å². The molecule has 0 aliphatic carbocycles. The van der Waals surface area contributed by atoms with Crippen LogP contribution in [0.2, 0.25) is 0 Å². The van der Waals surface area contributed by atoms with Gasteiger partial charge in [0.05, 0.1) is 12.5 Å². The number of nitrogens with zero attached hydrogens (tertiary/aromatic N) is 2. The Morgan fingerprint density at radius 2 is 1.84 bits per heavy atom. The van der Waals surface area contributed by atoms with Crippen LogP contribution in [0, 0.1) is 0 Å². The molecule has 0 radical (unpaired) electrons. The second-order valence-corrected chi connectivity index (χ2v) is 7.53. The van der Waals surface area contributed by atoms with E-state index in [1.165, 1.54) is 11.1 Å². The van der Waals surface area contributed by atoms with Crippen LogP contribution in [0.25, 0.3) is 0 Å². The zero-order valence-corrected chi connectivity index (χ0v) is 17.0. The summed E-state index contributed by atoms with van der Waals surface area (Å²) in [7, 11) is 4.13. The SMILES string of the molecule is CN(C)CC1c2ccccc2CCN1C(=O)Cc1ccc(Br)cc1.Cl. The topological polar surface area (TPSA) is 23.6 Å². The van der Waals surface area contributed by atoms with Gasteiger partial charge in [0, 0.05) is 17.6 Å². The van der Waals surface area contributed by atoms with Gasteiger partial charge in [0.25, 0.3) is 0 Å². The van der Waals surface area contributed by atoms with Gasteiger partial charge < -0.3 is 9.80 Å². The van der Waals surface area contributed by atoms with E-state index in [2.05, 4.69) is 64.1 Å². The van der Waals surface area contributed by atoms with Crippen LogP contribution >= 0.6 is 28.3 Å². The molecule has 3 rings (SSSR count). The van der Waals surface area contributed by atoms with Crippen molar-refractivity contribution in [3.63, 3.8) is 0 Å². The molecular weight excluding hydrogens is 400 g/mol. The summed E-state index contributed by atoms with van der Waals surface area (Å²) in [6, 6.07) is 16.7. The molecule has 0 saturated carbocycles. The predicted octanol–water partition coefficient (Wildman–Crippen LogP) is 4.10. The fraction of sp³-hybridized carbons (Fsp3) is 0.350. The highest BCUT2D eigenvalue weighted by atomic mass is 79.9. The smallest absolute Gasteiger partial charge is 0.227 e. The van der Waals surface area contributed by atoms with Crippen molar-refractivity contribution in [2.45, 2.75) is 18.9 Å². The summed E-state index contributed by atoms with van der Waals surface area (Å²) < 4.78 is 1.04. The molecule has 134 valence electrons. The van der Waals surface area contributed by atoms with Gasteiger partial charge in [0.15, 0.2) is 0 Å². The van der Waals surface area contributed by atoms with Crippen LogP contribution in [0.3, 0.4) is 0 Å². The van der Waals surface area contributed by atoms with Crippen LogP contribution in [-0.4, -0.2) is 42.9 Å². The Balaban J connectivity index is 0.00000225. The standard InChI is InChI=1S/C20H23BrN2O.ClH/c1-22(2)14-19-18-6-4-3-5-16(18)11-12-23(19)20(24)13-15-7-9-17(21)10-8-15;/h3-10,19H,11-14H2,1-2H3;1H. The van der Waals surface area contributed by atoms with Crippen molar-refractivity contribution in [1.29, 1.82) is 0 Å². The lowest BCUT2D eigenvalue weighted by atomic mass is 9.91. The van der Waals surface area contributed by atoms with Crippen molar-refractivity contribution in [2.24, 2.45) is 0 Å². The van der Waals surface area contributed by atoms with E-state index >= 15 is 0 Å². The average Bonchev–Trinajstić information content (AvgIpc) is 2.56. The van der Waals surface area contributed by atoms with E-state index in [9.17, 15) is 4.79 Å². The Hall–Kier alpha value is -1.36. The second kappa shape index (κ2) is 8.84. The van der Waals surface area contributed by atoms with Gasteiger partial charge in [-0.3, -0.25) is 4.79 Å². The van der Waals surface area contributed by atoms with Crippen LogP contribution in [0.15, 0.2) is 53.0 Å². The third-order valence-electron chi connectivity index (χ3n) is 4.54. The number of hydrogen-bond donors (Lipinski definition) is 0. The number of hydrogen-bond acceptors (Lipinski definition) is 2. The normalized spacial score (nSPS) is 16.3. The van der Waals surface area contributed by atoms with E-state index in [0.29, 0.717) is 6.42 Å². The number of fused-ring (bicyclic) bond motifs is 1. The first-order valence-electron chi connectivity index (χ1n) is 8.31. The fourth-order valence-corrected chi connectivity index (χ4v) is 3.64. The Morgan fingerprint density at radius 1 is 1.16 bits per heavy atom. The summed E-state index contributed by atoms with van der Waals surface area (Å²) >= 11 is 3.44. The molecule has 0 saturated heterocycles. The van der Waals surface area contributed by atoms with E-state index in [0.717, 1.165) is 29.5 Å². The van der Waals surface area contributed by atoms with Crippen LogP contribution in [0.5, 0.6) is 0 Å². The van der Waals surface area contributed by atoms with Crippen molar-refractivity contribution in [2.75, 3.05) is 27.2 Å². The van der Waals surface area contributed by atoms with Crippen LogP contribution < -0.4 is 0 Å². The summed E-state index contributed by atoms with van der Waals surface area (Å²) in [5, 5.41) is 0. The summed E-state index contributed by atoms with van der Waals surface area (Å²) in [6.45, 7) is 1.65. The van der Waals surface area contributed by atoms with E-state index in [4.69, 9.17) is 0 Å². The maximum Gasteiger partial charge on any atom is 0.227 e. The highest BCUT2D eigenvalue weighted by molar-refractivity contribution is 9.10. The van der Waals surface area contributed by atoms with Gasteiger partial charge in [-0.2, -0.15) is 0 Å². The van der Waals surface area contributed by atoms with E-state index < -0.39 is 0 Å². The minimum Gasteiger partial charge on any atom is -0.334 e. The van der Waals surface area contributed by atoms with Crippen LogP contribution in [0.1, 0.15) is 22.7 Å². The minimum atomic E-state index is 0. The minimum absolute atomic E-state index is 0. The molecule has 2 aromatic carbocycles. The molecule has 1 heterocycles. The molecule has 0 aromatic heterocycles. The number of rotatable bonds is 4. The molecule has 1 aliphatic heterocycles. The molecule has 1 aliphatic rings. The molecule has 2 aromatic rings. The Labute approximate surface area is 164 Å². The maximum absolute atomic E-state index is 12.9. The molecular formula is C20H24BrClN2O. The predicted molar refractivity (Wildman–Crippen MR) is 108 cm³/mol. The lowest BCUT2D eigenvalue weighted by Crippen LogP contribution is -2.44. The van der Waals surface area contributed by atoms with E-state index in [-0.39, 0.29) is 24.4 Å². The first-order valence-corrected chi connectivity index (χ1v) is 9.10. The zero-order chi connectivity index (χ0) is 17.1. The Kier molecular flexibility index (Phi) is 7.05. The van der Waals surface area contributed by atoms with Crippen molar-refractivity contribution in [3.05, 3.63) is 69.7 Å². The van der Waals surface area contributed by atoms with Crippen molar-refractivity contribution >= 4 is 34.2 Å². The van der Waals surface area contributed by atoms with Gasteiger partial charge >= 0.3 is 0 Å².